The molecular formula is C25H31NO2. The molecule has 0 atom stereocenters. The van der Waals surface area contributed by atoms with Gasteiger partial charge in [-0.15, -0.1) is 0 Å². The second kappa shape index (κ2) is 7.29. The summed E-state index contributed by atoms with van der Waals surface area (Å²) in [6.07, 6.45) is 2.04. The van der Waals surface area contributed by atoms with Gasteiger partial charge in [-0.25, -0.2) is 0 Å². The predicted molar refractivity (Wildman–Crippen MR) is 115 cm³/mol. The smallest absolute Gasteiger partial charge is 0.132 e. The summed E-state index contributed by atoms with van der Waals surface area (Å²) >= 11 is 0. The minimum atomic E-state index is -0.324. The number of hydrogen-bond acceptors (Lipinski definition) is 3. The third-order valence-corrected chi connectivity index (χ3v) is 6.15. The van der Waals surface area contributed by atoms with E-state index in [1.54, 1.807) is 0 Å². The molecule has 28 heavy (non-hydrogen) atoms. The maximum absolute atomic E-state index is 10.9. The fraction of sp³-hybridized carbons (Fsp3) is 0.440. The van der Waals surface area contributed by atoms with Gasteiger partial charge in [-0.3, -0.25) is 4.90 Å². The van der Waals surface area contributed by atoms with Crippen LogP contribution in [0.1, 0.15) is 56.7 Å². The number of ether oxygens (including phenoxy) is 1. The van der Waals surface area contributed by atoms with Gasteiger partial charge in [0, 0.05) is 19.6 Å². The molecule has 2 aliphatic rings. The number of phenols is 1. The minimum Gasteiger partial charge on any atom is -0.507 e. The van der Waals surface area contributed by atoms with Crippen molar-refractivity contribution in [3.05, 3.63) is 64.7 Å². The van der Waals surface area contributed by atoms with Gasteiger partial charge in [0.2, 0.25) is 0 Å². The molecular weight excluding hydrogens is 346 g/mol. The molecule has 3 nitrogen and oxygen atoms in total. The predicted octanol–water partition coefficient (Wildman–Crippen LogP) is 5.39. The zero-order chi connectivity index (χ0) is 19.9. The molecule has 0 radical (unpaired) electrons. The van der Waals surface area contributed by atoms with E-state index in [2.05, 4.69) is 69.0 Å². The highest BCUT2D eigenvalue weighted by Gasteiger charge is 2.38. The Labute approximate surface area is 168 Å². The highest BCUT2D eigenvalue weighted by atomic mass is 16.5. The van der Waals surface area contributed by atoms with Gasteiger partial charge in [0.25, 0.3) is 0 Å². The average Bonchev–Trinajstić information content (AvgIpc) is 2.66. The van der Waals surface area contributed by atoms with Crippen LogP contribution in [0.4, 0.5) is 0 Å². The van der Waals surface area contributed by atoms with Crippen LogP contribution in [0.5, 0.6) is 11.5 Å². The van der Waals surface area contributed by atoms with Crippen molar-refractivity contribution >= 4 is 5.57 Å². The van der Waals surface area contributed by atoms with Gasteiger partial charge in [0.05, 0.1) is 5.56 Å². The van der Waals surface area contributed by atoms with E-state index in [0.717, 1.165) is 49.4 Å². The van der Waals surface area contributed by atoms with Gasteiger partial charge in [0.15, 0.2) is 0 Å². The highest BCUT2D eigenvalue weighted by molar-refractivity contribution is 5.82. The molecule has 0 saturated heterocycles. The van der Waals surface area contributed by atoms with Gasteiger partial charge < -0.3 is 9.84 Å². The van der Waals surface area contributed by atoms with E-state index < -0.39 is 0 Å². The summed E-state index contributed by atoms with van der Waals surface area (Å²) in [4.78, 5) is 2.51. The van der Waals surface area contributed by atoms with Crippen LogP contribution in [0.15, 0.2) is 48.0 Å². The van der Waals surface area contributed by atoms with Crippen LogP contribution in [-0.2, 0) is 6.42 Å². The Morgan fingerprint density at radius 1 is 1.14 bits per heavy atom. The Morgan fingerprint density at radius 3 is 2.61 bits per heavy atom. The molecule has 0 spiro atoms. The summed E-state index contributed by atoms with van der Waals surface area (Å²) in [5.41, 5.74) is 5.67. The maximum Gasteiger partial charge on any atom is 0.132 e. The molecule has 0 aromatic heterocycles. The topological polar surface area (TPSA) is 32.7 Å². The van der Waals surface area contributed by atoms with E-state index in [-0.39, 0.29) is 5.60 Å². The van der Waals surface area contributed by atoms with Gasteiger partial charge in [0.1, 0.15) is 17.1 Å². The van der Waals surface area contributed by atoms with Crippen molar-refractivity contribution in [1.82, 2.24) is 4.90 Å². The molecule has 2 aromatic carbocycles. The molecule has 2 aliphatic heterocycles. The van der Waals surface area contributed by atoms with E-state index in [0.29, 0.717) is 11.7 Å². The van der Waals surface area contributed by atoms with E-state index in [9.17, 15) is 5.11 Å². The molecule has 2 heterocycles. The summed E-state index contributed by atoms with van der Waals surface area (Å²) in [5, 5.41) is 10.9. The lowest BCUT2D eigenvalue weighted by atomic mass is 9.81. The molecule has 0 fully saturated rings. The van der Waals surface area contributed by atoms with E-state index in [1.807, 2.05) is 6.07 Å². The van der Waals surface area contributed by atoms with Crippen molar-refractivity contribution in [3.63, 3.8) is 0 Å². The lowest BCUT2D eigenvalue weighted by Crippen LogP contribution is -2.42. The van der Waals surface area contributed by atoms with Crippen LogP contribution in [0.25, 0.3) is 5.57 Å². The molecule has 4 rings (SSSR count). The van der Waals surface area contributed by atoms with Crippen molar-refractivity contribution in [2.45, 2.75) is 52.1 Å². The van der Waals surface area contributed by atoms with Crippen molar-refractivity contribution < 1.29 is 9.84 Å². The first-order valence-corrected chi connectivity index (χ1v) is 10.4. The fourth-order valence-electron chi connectivity index (χ4n) is 4.51. The summed E-state index contributed by atoms with van der Waals surface area (Å²) in [5.74, 6) is 1.54. The first-order chi connectivity index (χ1) is 13.3. The quantitative estimate of drug-likeness (QED) is 0.775. The molecule has 0 unspecified atom stereocenters. The normalized spacial score (nSPS) is 18.6. The number of rotatable bonds is 4. The van der Waals surface area contributed by atoms with Crippen molar-refractivity contribution in [2.24, 2.45) is 0 Å². The number of nitrogens with zero attached hydrogens (tertiary/aromatic N) is 1. The minimum absolute atomic E-state index is 0.324. The van der Waals surface area contributed by atoms with Gasteiger partial charge >= 0.3 is 0 Å². The van der Waals surface area contributed by atoms with Gasteiger partial charge in [-0.05, 0) is 67.0 Å². The summed E-state index contributed by atoms with van der Waals surface area (Å²) < 4.78 is 6.39. The van der Waals surface area contributed by atoms with E-state index in [1.165, 1.54) is 16.7 Å². The summed E-state index contributed by atoms with van der Waals surface area (Å²) in [7, 11) is 0. The zero-order valence-electron chi connectivity index (χ0n) is 17.5. The Morgan fingerprint density at radius 2 is 1.89 bits per heavy atom. The largest absolute Gasteiger partial charge is 0.507 e. The maximum atomic E-state index is 10.9. The number of aromatic hydroxyl groups is 1. The summed E-state index contributed by atoms with van der Waals surface area (Å²) in [6, 6.07) is 14.7. The van der Waals surface area contributed by atoms with Gasteiger partial charge in [-0.1, -0.05) is 44.2 Å². The van der Waals surface area contributed by atoms with Crippen LogP contribution in [0, 0.1) is 0 Å². The molecule has 3 heteroatoms. The van der Waals surface area contributed by atoms with E-state index >= 15 is 0 Å². The van der Waals surface area contributed by atoms with Crippen molar-refractivity contribution in [3.8, 4) is 11.5 Å². The Bertz CT molecular complexity index is 896. The zero-order valence-corrected chi connectivity index (χ0v) is 17.5. The number of fused-ring (bicyclic) bond motifs is 2. The van der Waals surface area contributed by atoms with Crippen LogP contribution in [-0.4, -0.2) is 35.2 Å². The third-order valence-electron chi connectivity index (χ3n) is 6.15. The Balaban J connectivity index is 1.63. The number of benzene rings is 2. The van der Waals surface area contributed by atoms with Crippen LogP contribution in [0.3, 0.4) is 0 Å². The molecule has 148 valence electrons. The fourth-order valence-corrected chi connectivity index (χ4v) is 4.51. The number of hydrogen-bond donors (Lipinski definition) is 1. The lowest BCUT2D eigenvalue weighted by Gasteiger charge is -2.42. The number of phenolic OH excluding ortho intramolecular Hbond substituents is 1. The lowest BCUT2D eigenvalue weighted by molar-refractivity contribution is 0.130. The van der Waals surface area contributed by atoms with Crippen LogP contribution >= 0.6 is 0 Å². The van der Waals surface area contributed by atoms with Crippen molar-refractivity contribution in [2.75, 3.05) is 19.6 Å². The Hall–Kier alpha value is -2.26. The second-order valence-electron chi connectivity index (χ2n) is 8.90. The van der Waals surface area contributed by atoms with Crippen molar-refractivity contribution in [1.29, 1.82) is 0 Å². The van der Waals surface area contributed by atoms with Crippen LogP contribution < -0.4 is 4.74 Å². The third kappa shape index (κ3) is 3.56. The monoisotopic (exact) mass is 377 g/mol. The average molecular weight is 378 g/mol. The second-order valence-corrected chi connectivity index (χ2v) is 8.90. The first-order valence-electron chi connectivity index (χ1n) is 10.4. The SMILES string of the molecule is CC(C)c1cc(O)c2c(c1)OC(C)(C)C1=C2CN(CCc2ccccc2)CC1. The standard InChI is InChI=1S/C25H31NO2/c1-17(2)19-14-22(27)24-20-16-26(12-10-18-8-6-5-7-9-18)13-11-21(20)25(3,4)28-23(24)15-19/h5-9,14-15,17,27H,10-13,16H2,1-4H3. The van der Waals surface area contributed by atoms with E-state index in [4.69, 9.17) is 4.74 Å². The molecule has 1 N–H and O–H groups in total. The molecule has 0 saturated carbocycles. The molecule has 2 aromatic rings. The molecule has 0 bridgehead atoms. The first kappa shape index (κ1) is 19.1. The van der Waals surface area contributed by atoms with Gasteiger partial charge in [-0.2, -0.15) is 0 Å². The summed E-state index contributed by atoms with van der Waals surface area (Å²) in [6.45, 7) is 11.5. The van der Waals surface area contributed by atoms with Crippen LogP contribution in [0.2, 0.25) is 0 Å². The highest BCUT2D eigenvalue weighted by Crippen LogP contribution is 2.48. The Kier molecular flexibility index (Phi) is 4.96. The molecule has 0 aliphatic carbocycles. The molecule has 0 amide bonds.